The summed E-state index contributed by atoms with van der Waals surface area (Å²) in [6.45, 7) is 0.716. The molecule has 94 valence electrons. The Morgan fingerprint density at radius 3 is 2.82 bits per heavy atom. The standard InChI is InChI=1S/C9H10F3N3O2/c10-9(11,12)6-3-14-8(13)15-7(6)17-5-1-2-16-4-5/h3,5H,1-2,4H2,(H2,13,14,15). The van der Waals surface area contributed by atoms with Crippen LogP contribution in [0.5, 0.6) is 5.88 Å². The molecule has 2 rings (SSSR count). The van der Waals surface area contributed by atoms with Gasteiger partial charge in [-0.05, 0) is 0 Å². The smallest absolute Gasteiger partial charge is 0.423 e. The van der Waals surface area contributed by atoms with E-state index in [-0.39, 0.29) is 12.6 Å². The highest BCUT2D eigenvalue weighted by Crippen LogP contribution is 2.35. The molecule has 0 radical (unpaired) electrons. The second kappa shape index (κ2) is 4.36. The average molecular weight is 249 g/mol. The molecule has 1 aromatic rings. The van der Waals surface area contributed by atoms with Crippen molar-refractivity contribution in [2.45, 2.75) is 18.7 Å². The number of hydrogen-bond acceptors (Lipinski definition) is 5. The predicted molar refractivity (Wildman–Crippen MR) is 51.3 cm³/mol. The second-order valence-electron chi connectivity index (χ2n) is 3.55. The normalized spacial score (nSPS) is 20.5. The van der Waals surface area contributed by atoms with E-state index in [0.29, 0.717) is 19.2 Å². The van der Waals surface area contributed by atoms with Crippen molar-refractivity contribution in [3.63, 3.8) is 0 Å². The predicted octanol–water partition coefficient (Wildman–Crippen LogP) is 1.25. The molecule has 1 saturated heterocycles. The van der Waals surface area contributed by atoms with Gasteiger partial charge in [0.2, 0.25) is 11.8 Å². The number of nitrogens with two attached hydrogens (primary N) is 1. The molecule has 2 heterocycles. The first-order chi connectivity index (χ1) is 7.97. The Morgan fingerprint density at radius 2 is 2.24 bits per heavy atom. The van der Waals surface area contributed by atoms with Gasteiger partial charge in [0.15, 0.2) is 0 Å². The molecule has 1 unspecified atom stereocenters. The maximum atomic E-state index is 12.6. The molecular weight excluding hydrogens is 239 g/mol. The van der Waals surface area contributed by atoms with Crippen LogP contribution in [-0.2, 0) is 10.9 Å². The van der Waals surface area contributed by atoms with Gasteiger partial charge in [-0.3, -0.25) is 0 Å². The fourth-order valence-electron chi connectivity index (χ4n) is 1.43. The number of halogens is 3. The summed E-state index contributed by atoms with van der Waals surface area (Å²) in [4.78, 5) is 6.79. The van der Waals surface area contributed by atoms with E-state index in [2.05, 4.69) is 9.97 Å². The van der Waals surface area contributed by atoms with Crippen molar-refractivity contribution in [3.05, 3.63) is 11.8 Å². The lowest BCUT2D eigenvalue weighted by atomic mass is 10.3. The summed E-state index contributed by atoms with van der Waals surface area (Å²) in [7, 11) is 0. The Kier molecular flexibility index (Phi) is 3.05. The molecule has 1 aliphatic heterocycles. The number of hydrogen-bond donors (Lipinski definition) is 1. The van der Waals surface area contributed by atoms with Crippen LogP contribution in [0.1, 0.15) is 12.0 Å². The third-order valence-electron chi connectivity index (χ3n) is 2.24. The lowest BCUT2D eigenvalue weighted by Crippen LogP contribution is -2.20. The fraction of sp³-hybridized carbons (Fsp3) is 0.556. The molecule has 1 fully saturated rings. The molecule has 1 aromatic heterocycles. The summed E-state index contributed by atoms with van der Waals surface area (Å²) in [6, 6.07) is 0. The van der Waals surface area contributed by atoms with E-state index >= 15 is 0 Å². The zero-order chi connectivity index (χ0) is 12.5. The number of aromatic nitrogens is 2. The molecular formula is C9H10F3N3O2. The van der Waals surface area contributed by atoms with Crippen molar-refractivity contribution < 1.29 is 22.6 Å². The first-order valence-electron chi connectivity index (χ1n) is 4.91. The molecule has 1 atom stereocenters. The lowest BCUT2D eigenvalue weighted by Gasteiger charge is -2.15. The first kappa shape index (κ1) is 11.9. The van der Waals surface area contributed by atoms with Gasteiger partial charge in [-0.1, -0.05) is 0 Å². The van der Waals surface area contributed by atoms with Crippen LogP contribution in [0.3, 0.4) is 0 Å². The number of anilines is 1. The summed E-state index contributed by atoms with van der Waals surface area (Å²) in [6.07, 6.45) is -3.85. The van der Waals surface area contributed by atoms with Crippen molar-refractivity contribution in [3.8, 4) is 5.88 Å². The van der Waals surface area contributed by atoms with Gasteiger partial charge >= 0.3 is 6.18 Å². The van der Waals surface area contributed by atoms with Crippen LogP contribution < -0.4 is 10.5 Å². The summed E-state index contributed by atoms with van der Waals surface area (Å²) in [5, 5.41) is 0. The zero-order valence-corrected chi connectivity index (χ0v) is 8.70. The fourth-order valence-corrected chi connectivity index (χ4v) is 1.43. The van der Waals surface area contributed by atoms with Gasteiger partial charge in [0.05, 0.1) is 13.2 Å². The van der Waals surface area contributed by atoms with Gasteiger partial charge in [-0.2, -0.15) is 18.2 Å². The number of rotatable bonds is 2. The van der Waals surface area contributed by atoms with Crippen LogP contribution in [0.4, 0.5) is 19.1 Å². The minimum Gasteiger partial charge on any atom is -0.471 e. The van der Waals surface area contributed by atoms with Crippen LogP contribution in [0.15, 0.2) is 6.20 Å². The first-order valence-corrected chi connectivity index (χ1v) is 4.91. The third-order valence-corrected chi connectivity index (χ3v) is 2.24. The molecule has 0 saturated carbocycles. The van der Waals surface area contributed by atoms with Gasteiger partial charge in [0.1, 0.15) is 11.7 Å². The Labute approximate surface area is 94.8 Å². The van der Waals surface area contributed by atoms with E-state index in [9.17, 15) is 13.2 Å². The quantitative estimate of drug-likeness (QED) is 0.854. The van der Waals surface area contributed by atoms with E-state index in [1.807, 2.05) is 0 Å². The van der Waals surface area contributed by atoms with Crippen LogP contribution in [-0.4, -0.2) is 29.3 Å². The highest BCUT2D eigenvalue weighted by molar-refractivity contribution is 5.32. The van der Waals surface area contributed by atoms with Crippen LogP contribution >= 0.6 is 0 Å². The van der Waals surface area contributed by atoms with Gasteiger partial charge in [0.25, 0.3) is 0 Å². The van der Waals surface area contributed by atoms with Gasteiger partial charge in [0, 0.05) is 12.6 Å². The Balaban J connectivity index is 2.26. The minimum absolute atomic E-state index is 0.251. The van der Waals surface area contributed by atoms with Gasteiger partial charge < -0.3 is 15.2 Å². The molecule has 0 aliphatic carbocycles. The minimum atomic E-state index is -4.57. The summed E-state index contributed by atoms with van der Waals surface area (Å²) in [5.74, 6) is -0.799. The lowest BCUT2D eigenvalue weighted by molar-refractivity contribution is -0.139. The Bertz CT molecular complexity index is 405. The molecule has 5 nitrogen and oxygen atoms in total. The summed E-state index contributed by atoms with van der Waals surface area (Å²) < 4.78 is 48.0. The molecule has 0 spiro atoms. The van der Waals surface area contributed by atoms with Crippen LogP contribution in [0, 0.1) is 0 Å². The van der Waals surface area contributed by atoms with Crippen molar-refractivity contribution in [2.24, 2.45) is 0 Å². The van der Waals surface area contributed by atoms with E-state index in [4.69, 9.17) is 15.2 Å². The number of nitrogen functional groups attached to an aromatic ring is 1. The molecule has 1 aliphatic rings. The molecule has 17 heavy (non-hydrogen) atoms. The Hall–Kier alpha value is -1.57. The van der Waals surface area contributed by atoms with Gasteiger partial charge in [-0.25, -0.2) is 4.98 Å². The number of ether oxygens (including phenoxy) is 2. The zero-order valence-electron chi connectivity index (χ0n) is 8.70. The largest absolute Gasteiger partial charge is 0.471 e. The summed E-state index contributed by atoms with van der Waals surface area (Å²) >= 11 is 0. The molecule has 0 bridgehead atoms. The van der Waals surface area contributed by atoms with Crippen molar-refractivity contribution in [2.75, 3.05) is 18.9 Å². The maximum absolute atomic E-state index is 12.6. The Morgan fingerprint density at radius 1 is 1.47 bits per heavy atom. The third kappa shape index (κ3) is 2.76. The molecule has 0 aromatic carbocycles. The second-order valence-corrected chi connectivity index (χ2v) is 3.55. The molecule has 8 heteroatoms. The molecule has 2 N–H and O–H groups in total. The van der Waals surface area contributed by atoms with E-state index in [1.165, 1.54) is 0 Å². The topological polar surface area (TPSA) is 70.3 Å². The highest BCUT2D eigenvalue weighted by atomic mass is 19.4. The SMILES string of the molecule is Nc1ncc(C(F)(F)F)c(OC2CCOC2)n1. The van der Waals surface area contributed by atoms with Crippen LogP contribution in [0.2, 0.25) is 0 Å². The average Bonchev–Trinajstić information content (AvgIpc) is 2.68. The maximum Gasteiger partial charge on any atom is 0.423 e. The van der Waals surface area contributed by atoms with Crippen LogP contribution in [0.25, 0.3) is 0 Å². The summed E-state index contributed by atoms with van der Waals surface area (Å²) in [5.41, 5.74) is 4.22. The van der Waals surface area contributed by atoms with E-state index in [1.54, 1.807) is 0 Å². The molecule has 0 amide bonds. The van der Waals surface area contributed by atoms with E-state index in [0.717, 1.165) is 0 Å². The van der Waals surface area contributed by atoms with E-state index < -0.39 is 23.7 Å². The number of alkyl halides is 3. The van der Waals surface area contributed by atoms with Crippen molar-refractivity contribution in [1.82, 2.24) is 9.97 Å². The van der Waals surface area contributed by atoms with Crippen molar-refractivity contribution >= 4 is 5.95 Å². The number of nitrogens with zero attached hydrogens (tertiary/aromatic N) is 2. The van der Waals surface area contributed by atoms with Gasteiger partial charge in [-0.15, -0.1) is 0 Å². The van der Waals surface area contributed by atoms with Crippen molar-refractivity contribution in [1.29, 1.82) is 0 Å². The highest BCUT2D eigenvalue weighted by Gasteiger charge is 2.37. The monoisotopic (exact) mass is 249 g/mol.